The number of carbonyl (C=O) groups is 3. The molecule has 11 nitrogen and oxygen atoms in total. The van der Waals surface area contributed by atoms with Gasteiger partial charge in [-0.05, 0) is 70.3 Å². The van der Waals surface area contributed by atoms with Gasteiger partial charge >= 0.3 is 19.8 Å². The average Bonchev–Trinajstić information content (AvgIpc) is 3.18. The van der Waals surface area contributed by atoms with Gasteiger partial charge in [-0.2, -0.15) is 0 Å². The zero-order valence-electron chi connectivity index (χ0n) is 34.8. The van der Waals surface area contributed by atoms with Crippen molar-refractivity contribution in [2.45, 2.75) is 187 Å². The lowest BCUT2D eigenvalue weighted by molar-refractivity contribution is -0.161. The van der Waals surface area contributed by atoms with Crippen molar-refractivity contribution in [2.24, 2.45) is 0 Å². The van der Waals surface area contributed by atoms with Crippen molar-refractivity contribution in [2.75, 3.05) is 26.4 Å². The van der Waals surface area contributed by atoms with Crippen molar-refractivity contribution in [3.05, 3.63) is 48.6 Å². The molecule has 0 bridgehead atoms. The van der Waals surface area contributed by atoms with Gasteiger partial charge in [0.25, 0.3) is 0 Å². The number of hydrogen-bond donors (Lipinski definition) is 3. The highest BCUT2D eigenvalue weighted by Crippen LogP contribution is 2.43. The number of allylic oxidation sites excluding steroid dienone is 8. The van der Waals surface area contributed by atoms with Crippen LogP contribution in [0.25, 0.3) is 0 Å². The number of hydrogen-bond acceptors (Lipinski definition) is 10. The normalized spacial score (nSPS) is 14.2. The second-order valence-electron chi connectivity index (χ2n) is 14.4. The number of phosphoric ester groups is 1. The van der Waals surface area contributed by atoms with Crippen molar-refractivity contribution in [1.82, 2.24) is 0 Å². The van der Waals surface area contributed by atoms with Crippen molar-refractivity contribution in [3.63, 3.8) is 0 Å². The van der Waals surface area contributed by atoms with Crippen LogP contribution < -0.4 is 0 Å². The van der Waals surface area contributed by atoms with E-state index >= 15 is 0 Å². The molecule has 0 aromatic carbocycles. The summed E-state index contributed by atoms with van der Waals surface area (Å²) in [6.07, 6.45) is 37.6. The maximum absolute atomic E-state index is 12.6. The zero-order valence-corrected chi connectivity index (χ0v) is 35.7. The largest absolute Gasteiger partial charge is 0.472 e. The van der Waals surface area contributed by atoms with Crippen LogP contribution in [0.2, 0.25) is 0 Å². The number of unbranched alkanes of at least 4 members (excludes halogenated alkanes) is 17. The average molecular weight is 813 g/mol. The molecule has 1 unspecified atom stereocenters. The topological polar surface area (TPSA) is 166 Å². The number of ether oxygens (including phenoxy) is 2. The van der Waals surface area contributed by atoms with Gasteiger partial charge in [0, 0.05) is 19.3 Å². The summed E-state index contributed by atoms with van der Waals surface area (Å²) in [5.74, 6) is -0.832. The van der Waals surface area contributed by atoms with Gasteiger partial charge in [-0.3, -0.25) is 23.4 Å². The molecular weight excluding hydrogens is 735 g/mol. The Morgan fingerprint density at radius 3 is 1.70 bits per heavy atom. The molecule has 0 saturated heterocycles. The molecule has 0 heterocycles. The second kappa shape index (κ2) is 39.4. The zero-order chi connectivity index (χ0) is 41.4. The highest BCUT2D eigenvalue weighted by Gasteiger charge is 2.27. The molecule has 12 heteroatoms. The Balaban J connectivity index is 4.38. The molecule has 324 valence electrons. The third-order valence-corrected chi connectivity index (χ3v) is 9.88. The molecule has 3 N–H and O–H groups in total. The summed E-state index contributed by atoms with van der Waals surface area (Å²) in [7, 11) is -4.64. The Morgan fingerprint density at radius 2 is 1.09 bits per heavy atom. The van der Waals surface area contributed by atoms with Gasteiger partial charge in [0.15, 0.2) is 11.9 Å². The molecular formula is C44H77O11P. The number of carbonyl (C=O) groups excluding carboxylic acids is 3. The number of phosphoric acid groups is 1. The quantitative estimate of drug-likeness (QED) is 0.0135. The minimum absolute atomic E-state index is 0.156. The fourth-order valence-corrected chi connectivity index (χ4v) is 6.32. The summed E-state index contributed by atoms with van der Waals surface area (Å²) in [6, 6.07) is 0. The first-order chi connectivity index (χ1) is 27.1. The molecule has 0 aliphatic carbocycles. The lowest BCUT2D eigenvalue weighted by Crippen LogP contribution is -2.29. The van der Waals surface area contributed by atoms with Crippen LogP contribution in [0.1, 0.15) is 174 Å². The maximum Gasteiger partial charge on any atom is 0.472 e. The van der Waals surface area contributed by atoms with E-state index in [9.17, 15) is 28.9 Å². The molecule has 0 aromatic heterocycles. The van der Waals surface area contributed by atoms with Crippen LogP contribution >= 0.6 is 7.82 Å². The summed E-state index contributed by atoms with van der Waals surface area (Å²) in [5.41, 5.74) is 0. The molecule has 0 radical (unpaired) electrons. The van der Waals surface area contributed by atoms with E-state index in [4.69, 9.17) is 19.1 Å². The Bertz CT molecular complexity index is 1130. The fraction of sp³-hybridized carbons (Fsp3) is 0.750. The van der Waals surface area contributed by atoms with E-state index in [-0.39, 0.29) is 25.2 Å². The first-order valence-electron chi connectivity index (χ1n) is 21.5. The number of esters is 2. The van der Waals surface area contributed by atoms with Gasteiger partial charge in [0.05, 0.1) is 19.8 Å². The van der Waals surface area contributed by atoms with Crippen molar-refractivity contribution < 1.29 is 52.6 Å². The first-order valence-corrected chi connectivity index (χ1v) is 23.0. The van der Waals surface area contributed by atoms with Crippen LogP contribution in [0.5, 0.6) is 0 Å². The van der Waals surface area contributed by atoms with E-state index in [0.717, 1.165) is 89.9 Å². The lowest BCUT2D eigenvalue weighted by atomic mass is 10.1. The third kappa shape index (κ3) is 38.5. The monoisotopic (exact) mass is 813 g/mol. The van der Waals surface area contributed by atoms with Crippen molar-refractivity contribution in [1.29, 1.82) is 0 Å². The summed E-state index contributed by atoms with van der Waals surface area (Å²) in [6.45, 7) is 2.13. The van der Waals surface area contributed by atoms with Gasteiger partial charge < -0.3 is 24.6 Å². The first kappa shape index (κ1) is 53.6. The molecule has 56 heavy (non-hydrogen) atoms. The fourth-order valence-electron chi connectivity index (χ4n) is 5.53. The molecule has 0 aliphatic heterocycles. The van der Waals surface area contributed by atoms with Gasteiger partial charge in [-0.25, -0.2) is 4.57 Å². The molecule has 0 aliphatic rings. The Kier molecular flexibility index (Phi) is 37.7. The van der Waals surface area contributed by atoms with Crippen LogP contribution in [0.15, 0.2) is 48.6 Å². The van der Waals surface area contributed by atoms with E-state index in [2.05, 4.69) is 48.8 Å². The minimum atomic E-state index is -4.64. The SMILES string of the molecule is CCCCC/C=C\C/C=C\CCCCCCCCCC(=O)O[C@H](COC(=O)CCCCCCC/C=C\C=C\C(=O)CCCCC)COP(=O)(O)OC[C@@H](O)CO. The Hall–Kier alpha value is -2.40. The van der Waals surface area contributed by atoms with Gasteiger partial charge in [0.2, 0.25) is 0 Å². The van der Waals surface area contributed by atoms with Crippen molar-refractivity contribution >= 4 is 25.5 Å². The number of rotatable bonds is 40. The van der Waals surface area contributed by atoms with Crippen LogP contribution in [-0.4, -0.2) is 71.5 Å². The molecule has 0 rings (SSSR count). The van der Waals surface area contributed by atoms with Crippen LogP contribution in [0.4, 0.5) is 0 Å². The summed E-state index contributed by atoms with van der Waals surface area (Å²) in [4.78, 5) is 46.7. The molecule has 3 atom stereocenters. The van der Waals surface area contributed by atoms with Gasteiger partial charge in [0.1, 0.15) is 12.7 Å². The van der Waals surface area contributed by atoms with Crippen LogP contribution in [-0.2, 0) is 37.5 Å². The van der Waals surface area contributed by atoms with E-state index in [1.165, 1.54) is 38.5 Å². The summed E-state index contributed by atoms with van der Waals surface area (Å²) >= 11 is 0. The Morgan fingerprint density at radius 1 is 0.589 bits per heavy atom. The van der Waals surface area contributed by atoms with E-state index in [0.29, 0.717) is 19.3 Å². The van der Waals surface area contributed by atoms with Gasteiger partial charge in [-0.1, -0.05) is 133 Å². The minimum Gasteiger partial charge on any atom is -0.462 e. The molecule has 0 amide bonds. The molecule has 0 fully saturated rings. The van der Waals surface area contributed by atoms with Crippen LogP contribution in [0.3, 0.4) is 0 Å². The van der Waals surface area contributed by atoms with E-state index < -0.39 is 51.8 Å². The Labute approximate surface area is 339 Å². The highest BCUT2D eigenvalue weighted by molar-refractivity contribution is 7.47. The summed E-state index contributed by atoms with van der Waals surface area (Å²) < 4.78 is 32.6. The molecule has 0 aromatic rings. The predicted molar refractivity (Wildman–Crippen MR) is 224 cm³/mol. The molecule has 0 spiro atoms. The number of ketones is 1. The smallest absolute Gasteiger partial charge is 0.462 e. The standard InChI is InChI=1S/C44H77O11P/c1-3-5-7-8-9-10-11-12-13-14-15-16-17-20-24-27-31-35-44(49)55-42(39-54-56(50,51)53-37-41(47)36-45)38-52-43(48)34-30-26-23-21-18-19-22-25-29-33-40(46)32-28-6-4-2/h9-10,12-13,22,25,29,33,41-42,45,47H,3-8,11,14-21,23-24,26-28,30-32,34-39H2,1-2H3,(H,50,51)/b10-9-,13-12-,25-22-,33-29+/t41-,42+/m0/s1. The number of aliphatic hydroxyl groups is 2. The van der Waals surface area contributed by atoms with Crippen LogP contribution in [0, 0.1) is 0 Å². The maximum atomic E-state index is 12.6. The predicted octanol–water partition coefficient (Wildman–Crippen LogP) is 10.5. The highest BCUT2D eigenvalue weighted by atomic mass is 31.2. The van der Waals surface area contributed by atoms with E-state index in [1.54, 1.807) is 12.2 Å². The third-order valence-electron chi connectivity index (χ3n) is 8.93. The number of aliphatic hydroxyl groups excluding tert-OH is 2. The lowest BCUT2D eigenvalue weighted by Gasteiger charge is -2.20. The van der Waals surface area contributed by atoms with Gasteiger partial charge in [-0.15, -0.1) is 0 Å². The molecule has 0 saturated carbocycles. The van der Waals surface area contributed by atoms with E-state index in [1.807, 2.05) is 6.08 Å². The second-order valence-corrected chi connectivity index (χ2v) is 15.8. The van der Waals surface area contributed by atoms with Crippen molar-refractivity contribution in [3.8, 4) is 0 Å². The summed E-state index contributed by atoms with van der Waals surface area (Å²) in [5, 5.41) is 18.3.